The monoisotopic (exact) mass is 418 g/mol. The van der Waals surface area contributed by atoms with Crippen LogP contribution in [0, 0.1) is 35.0 Å². The number of ketones is 1. The summed E-state index contributed by atoms with van der Waals surface area (Å²) >= 11 is 0. The summed E-state index contributed by atoms with van der Waals surface area (Å²) in [5, 5.41) is 22.6. The van der Waals surface area contributed by atoms with E-state index in [0.717, 1.165) is 6.42 Å². The molecule has 168 valence electrons. The fraction of sp³-hybridized carbons (Fsp3) is 0.760. The van der Waals surface area contributed by atoms with Crippen molar-refractivity contribution in [2.24, 2.45) is 35.0 Å². The number of esters is 1. The van der Waals surface area contributed by atoms with Crippen LogP contribution in [0.2, 0.25) is 0 Å². The Hall–Kier alpha value is -1.46. The lowest BCUT2D eigenvalue weighted by atomic mass is 9.77. The molecule has 0 aromatic heterocycles. The van der Waals surface area contributed by atoms with Gasteiger partial charge in [-0.15, -0.1) is 0 Å². The summed E-state index contributed by atoms with van der Waals surface area (Å²) in [5.41, 5.74) is -0.471. The van der Waals surface area contributed by atoms with Gasteiger partial charge in [-0.2, -0.15) is 0 Å². The molecule has 0 bridgehead atoms. The van der Waals surface area contributed by atoms with E-state index in [1.54, 1.807) is 6.92 Å². The maximum atomic E-state index is 13.5. The molecule has 5 nitrogen and oxygen atoms in total. The van der Waals surface area contributed by atoms with Crippen molar-refractivity contribution in [3.05, 3.63) is 23.8 Å². The van der Waals surface area contributed by atoms with Crippen LogP contribution < -0.4 is 0 Å². The minimum Gasteiger partial charge on any atom is -0.457 e. The molecule has 7 atom stereocenters. The van der Waals surface area contributed by atoms with Gasteiger partial charge in [0, 0.05) is 6.42 Å². The number of allylic oxidation sites excluding steroid dienone is 1. The third-order valence-corrected chi connectivity index (χ3v) is 7.79. The molecule has 3 aliphatic carbocycles. The molecule has 0 aliphatic heterocycles. The summed E-state index contributed by atoms with van der Waals surface area (Å²) in [6.07, 6.45) is 2.08. The third kappa shape index (κ3) is 3.91. The van der Waals surface area contributed by atoms with E-state index >= 15 is 0 Å². The van der Waals surface area contributed by atoms with Crippen molar-refractivity contribution >= 4 is 11.8 Å². The number of ether oxygens (including phenoxy) is 1. The van der Waals surface area contributed by atoms with E-state index in [9.17, 15) is 19.8 Å². The van der Waals surface area contributed by atoms with E-state index in [1.165, 1.54) is 0 Å². The second kappa shape index (κ2) is 7.90. The average Bonchev–Trinajstić information content (AvgIpc) is 3.04. The van der Waals surface area contributed by atoms with Gasteiger partial charge in [0.1, 0.15) is 11.7 Å². The summed E-state index contributed by atoms with van der Waals surface area (Å²) in [7, 11) is 0. The molecule has 30 heavy (non-hydrogen) atoms. The van der Waals surface area contributed by atoms with Gasteiger partial charge in [-0.05, 0) is 66.4 Å². The number of Topliss-reactive ketones (excluding diaryl/α,β-unsaturated/α-hetero) is 1. The molecule has 2 fully saturated rings. The Morgan fingerprint density at radius 3 is 2.60 bits per heavy atom. The number of hydrogen-bond donors (Lipinski definition) is 2. The summed E-state index contributed by atoms with van der Waals surface area (Å²) in [6.45, 7) is 16.0. The average molecular weight is 419 g/mol. The molecule has 3 aliphatic rings. The summed E-state index contributed by atoms with van der Waals surface area (Å²) < 4.78 is 5.84. The number of carbonyl (C=O) groups excluding carboxylic acids is 2. The first-order valence-corrected chi connectivity index (χ1v) is 11.3. The fourth-order valence-corrected chi connectivity index (χ4v) is 5.83. The Kier molecular flexibility index (Phi) is 6.11. The zero-order chi connectivity index (χ0) is 22.6. The Bertz CT molecular complexity index is 764. The molecular formula is C25H38O5. The second-order valence-corrected chi connectivity index (χ2v) is 11.0. The van der Waals surface area contributed by atoms with Gasteiger partial charge < -0.3 is 14.9 Å². The highest BCUT2D eigenvalue weighted by atomic mass is 16.5. The number of fused-ring (bicyclic) bond motifs is 2. The predicted molar refractivity (Wildman–Crippen MR) is 115 cm³/mol. The van der Waals surface area contributed by atoms with Crippen LogP contribution in [-0.2, 0) is 14.3 Å². The molecule has 2 saturated carbocycles. The van der Waals surface area contributed by atoms with Gasteiger partial charge in [-0.25, -0.2) is 0 Å². The molecule has 0 heterocycles. The molecule has 0 spiro atoms. The molecule has 0 radical (unpaired) electrons. The largest absolute Gasteiger partial charge is 0.457 e. The number of rotatable bonds is 3. The quantitative estimate of drug-likeness (QED) is 0.538. The van der Waals surface area contributed by atoms with Crippen LogP contribution in [-0.4, -0.2) is 39.8 Å². The van der Waals surface area contributed by atoms with Crippen LogP contribution in [0.4, 0.5) is 0 Å². The Labute approximate surface area is 180 Å². The maximum absolute atomic E-state index is 13.5. The zero-order valence-corrected chi connectivity index (χ0v) is 19.3. The number of aliphatic hydroxyl groups excluding tert-OH is 1. The number of carbonyl (C=O) groups is 2. The van der Waals surface area contributed by atoms with E-state index in [2.05, 4.69) is 20.4 Å². The summed E-state index contributed by atoms with van der Waals surface area (Å²) in [4.78, 5) is 26.0. The van der Waals surface area contributed by atoms with Crippen LogP contribution in [0.1, 0.15) is 67.2 Å². The van der Waals surface area contributed by atoms with E-state index in [0.29, 0.717) is 23.5 Å². The lowest BCUT2D eigenvalue weighted by Gasteiger charge is -2.37. The van der Waals surface area contributed by atoms with Gasteiger partial charge in [0.15, 0.2) is 5.78 Å². The van der Waals surface area contributed by atoms with Crippen LogP contribution in [0.25, 0.3) is 0 Å². The normalized spacial score (nSPS) is 42.6. The van der Waals surface area contributed by atoms with Gasteiger partial charge in [-0.1, -0.05) is 47.3 Å². The molecule has 0 unspecified atom stereocenters. The molecule has 5 heteroatoms. The zero-order valence-electron chi connectivity index (χ0n) is 19.3. The van der Waals surface area contributed by atoms with Crippen LogP contribution in [0.15, 0.2) is 23.8 Å². The van der Waals surface area contributed by atoms with Crippen LogP contribution >= 0.6 is 0 Å². The number of hydrogen-bond acceptors (Lipinski definition) is 5. The van der Waals surface area contributed by atoms with Crippen LogP contribution in [0.3, 0.4) is 0 Å². The second-order valence-electron chi connectivity index (χ2n) is 11.0. The van der Waals surface area contributed by atoms with Crippen molar-refractivity contribution in [1.82, 2.24) is 0 Å². The van der Waals surface area contributed by atoms with E-state index in [4.69, 9.17) is 4.74 Å². The molecule has 0 amide bonds. The van der Waals surface area contributed by atoms with Crippen molar-refractivity contribution < 1.29 is 24.5 Å². The van der Waals surface area contributed by atoms with Crippen molar-refractivity contribution in [2.75, 3.05) is 0 Å². The standard InChI is InChI=1S/C25H38O5/c1-13(2)10-19(26)30-22-14(3)8-9-17-18(24(17,6)7)11-15(4)23(28)25(29)12-16(5)21(27)20(22)25/h11,13,16-18,20-22,27,29H,3,8-10,12H2,1-2,4-7H3/b15-11+/t16-,17-,18+,20+,21-,22-,25+/m0/s1. The van der Waals surface area contributed by atoms with Crippen molar-refractivity contribution in [1.29, 1.82) is 0 Å². The highest BCUT2D eigenvalue weighted by Crippen LogP contribution is 2.62. The molecule has 3 rings (SSSR count). The van der Waals surface area contributed by atoms with Crippen LogP contribution in [0.5, 0.6) is 0 Å². The Morgan fingerprint density at radius 2 is 2.00 bits per heavy atom. The topological polar surface area (TPSA) is 83.8 Å². The maximum Gasteiger partial charge on any atom is 0.306 e. The molecule has 2 N–H and O–H groups in total. The van der Waals surface area contributed by atoms with Crippen molar-refractivity contribution in [2.45, 2.75) is 85.0 Å². The summed E-state index contributed by atoms with van der Waals surface area (Å²) in [6, 6.07) is 0. The Balaban J connectivity index is 2.03. The highest BCUT2D eigenvalue weighted by molar-refractivity contribution is 6.02. The first-order chi connectivity index (χ1) is 13.8. The molecule has 0 aromatic carbocycles. The highest BCUT2D eigenvalue weighted by Gasteiger charge is 2.61. The van der Waals surface area contributed by atoms with E-state index in [1.807, 2.05) is 26.8 Å². The fourth-order valence-electron chi connectivity index (χ4n) is 5.83. The van der Waals surface area contributed by atoms with Gasteiger partial charge in [0.25, 0.3) is 0 Å². The lowest BCUT2D eigenvalue weighted by Crippen LogP contribution is -2.52. The van der Waals surface area contributed by atoms with E-state index < -0.39 is 23.7 Å². The smallest absolute Gasteiger partial charge is 0.306 e. The van der Waals surface area contributed by atoms with Gasteiger partial charge in [0.05, 0.1) is 12.0 Å². The minimum absolute atomic E-state index is 0.0926. The van der Waals surface area contributed by atoms with E-state index in [-0.39, 0.29) is 47.8 Å². The SMILES string of the molecule is C=C1CC[C@H]2[C@@H](/C=C(\C)C(=O)[C@@]3(O)C[C@H](C)[C@H](O)[C@@H]3[C@H]1OC(=O)CC(C)C)C2(C)C. The number of aliphatic hydroxyl groups is 2. The molecule has 0 saturated heterocycles. The Morgan fingerprint density at radius 1 is 1.37 bits per heavy atom. The van der Waals surface area contributed by atoms with Gasteiger partial charge in [0.2, 0.25) is 0 Å². The van der Waals surface area contributed by atoms with Gasteiger partial charge >= 0.3 is 5.97 Å². The predicted octanol–water partition coefficient (Wildman–Crippen LogP) is 3.83. The van der Waals surface area contributed by atoms with Gasteiger partial charge in [-0.3, -0.25) is 9.59 Å². The third-order valence-electron chi connectivity index (χ3n) is 7.79. The minimum atomic E-state index is -1.77. The summed E-state index contributed by atoms with van der Waals surface area (Å²) in [5.74, 6) is -1.13. The van der Waals surface area contributed by atoms with Crippen molar-refractivity contribution in [3.63, 3.8) is 0 Å². The van der Waals surface area contributed by atoms with Crippen molar-refractivity contribution in [3.8, 4) is 0 Å². The molecular weight excluding hydrogens is 380 g/mol. The molecule has 0 aromatic rings. The first-order valence-electron chi connectivity index (χ1n) is 11.3. The lowest BCUT2D eigenvalue weighted by molar-refractivity contribution is -0.163. The first kappa shape index (κ1) is 23.2.